The normalized spacial score (nSPS) is 26.2. The molecule has 1 aliphatic heterocycles. The van der Waals surface area contributed by atoms with Crippen LogP contribution < -0.4 is 5.32 Å². The summed E-state index contributed by atoms with van der Waals surface area (Å²) in [5.41, 5.74) is 0. The smallest absolute Gasteiger partial charge is 0.248 e. The van der Waals surface area contributed by atoms with E-state index in [-0.39, 0.29) is 0 Å². The minimum atomic E-state index is -1.32. The SMILES string of the molecule is O=C1C=CN(O)C(O)N1. The Balaban J connectivity index is 2.65. The number of carbonyl (C=O) groups excluding carboxylic acids is 1. The van der Waals surface area contributed by atoms with Gasteiger partial charge in [0.15, 0.2) is 0 Å². The molecule has 0 fully saturated rings. The quantitative estimate of drug-likeness (QED) is 0.377. The van der Waals surface area contributed by atoms with Crippen LogP contribution in [0.3, 0.4) is 0 Å². The van der Waals surface area contributed by atoms with Crippen LogP contribution in [-0.4, -0.2) is 27.6 Å². The van der Waals surface area contributed by atoms with E-state index in [2.05, 4.69) is 0 Å². The molecule has 0 saturated carbocycles. The van der Waals surface area contributed by atoms with Gasteiger partial charge in [-0.15, -0.1) is 0 Å². The van der Waals surface area contributed by atoms with Crippen molar-refractivity contribution in [2.45, 2.75) is 6.35 Å². The Morgan fingerprint density at radius 2 is 2.44 bits per heavy atom. The lowest BCUT2D eigenvalue weighted by atomic mass is 10.5. The first kappa shape index (κ1) is 6.06. The van der Waals surface area contributed by atoms with Crippen LogP contribution in [-0.2, 0) is 4.79 Å². The number of aliphatic hydroxyl groups excluding tert-OH is 1. The van der Waals surface area contributed by atoms with Crippen LogP contribution in [0, 0.1) is 0 Å². The van der Waals surface area contributed by atoms with Crippen LogP contribution >= 0.6 is 0 Å². The summed E-state index contributed by atoms with van der Waals surface area (Å²) < 4.78 is 0. The van der Waals surface area contributed by atoms with E-state index in [9.17, 15) is 4.79 Å². The zero-order valence-electron chi connectivity index (χ0n) is 4.48. The van der Waals surface area contributed by atoms with Crippen LogP contribution in [0.25, 0.3) is 0 Å². The van der Waals surface area contributed by atoms with Crippen LogP contribution in [0.15, 0.2) is 12.3 Å². The summed E-state index contributed by atoms with van der Waals surface area (Å²) >= 11 is 0. The molecule has 50 valence electrons. The molecule has 0 aromatic carbocycles. The second-order valence-corrected chi connectivity index (χ2v) is 1.58. The first-order valence-electron chi connectivity index (χ1n) is 2.34. The highest BCUT2D eigenvalue weighted by atomic mass is 16.5. The van der Waals surface area contributed by atoms with Gasteiger partial charge in [-0.2, -0.15) is 0 Å². The molecule has 1 atom stereocenters. The number of nitrogens with zero attached hydrogens (tertiary/aromatic N) is 1. The average Bonchev–Trinajstić information content (AvgIpc) is 1.80. The minimum Gasteiger partial charge on any atom is -0.355 e. The molecule has 1 aliphatic rings. The van der Waals surface area contributed by atoms with Crippen LogP contribution in [0.1, 0.15) is 0 Å². The first-order valence-corrected chi connectivity index (χ1v) is 2.34. The van der Waals surface area contributed by atoms with Gasteiger partial charge in [0.2, 0.25) is 12.3 Å². The summed E-state index contributed by atoms with van der Waals surface area (Å²) in [4.78, 5) is 10.3. The molecule has 5 nitrogen and oxygen atoms in total. The van der Waals surface area contributed by atoms with Crippen molar-refractivity contribution in [3.63, 3.8) is 0 Å². The lowest BCUT2D eigenvalue weighted by Crippen LogP contribution is -2.46. The van der Waals surface area contributed by atoms with E-state index in [1.807, 2.05) is 5.32 Å². The molecule has 0 radical (unpaired) electrons. The summed E-state index contributed by atoms with van der Waals surface area (Å²) in [7, 11) is 0. The monoisotopic (exact) mass is 130 g/mol. The van der Waals surface area contributed by atoms with Gasteiger partial charge in [-0.1, -0.05) is 0 Å². The lowest BCUT2D eigenvalue weighted by Gasteiger charge is -2.22. The van der Waals surface area contributed by atoms with E-state index in [1.165, 1.54) is 0 Å². The van der Waals surface area contributed by atoms with Gasteiger partial charge < -0.3 is 10.4 Å². The molecule has 1 rings (SSSR count). The molecular formula is C4H6N2O3. The number of amides is 1. The Morgan fingerprint density at radius 3 is 2.89 bits per heavy atom. The van der Waals surface area contributed by atoms with Crippen molar-refractivity contribution in [2.75, 3.05) is 0 Å². The fraction of sp³-hybridized carbons (Fsp3) is 0.250. The van der Waals surface area contributed by atoms with Crippen molar-refractivity contribution < 1.29 is 15.1 Å². The summed E-state index contributed by atoms with van der Waals surface area (Å²) in [6.45, 7) is 0. The standard InChI is InChI=1S/C4H6N2O3/c7-3-1-2-6(9)4(8)5-3/h1-2,4,8-9H,(H,5,7). The van der Waals surface area contributed by atoms with Crippen molar-refractivity contribution in [1.82, 2.24) is 10.4 Å². The highest BCUT2D eigenvalue weighted by Crippen LogP contribution is 1.94. The van der Waals surface area contributed by atoms with Crippen molar-refractivity contribution in [2.24, 2.45) is 0 Å². The third kappa shape index (κ3) is 1.18. The van der Waals surface area contributed by atoms with Crippen molar-refractivity contribution in [3.8, 4) is 0 Å². The van der Waals surface area contributed by atoms with Gasteiger partial charge in [-0.3, -0.25) is 10.0 Å². The van der Waals surface area contributed by atoms with E-state index < -0.39 is 12.3 Å². The fourth-order valence-electron chi connectivity index (χ4n) is 0.467. The van der Waals surface area contributed by atoms with Crippen molar-refractivity contribution in [1.29, 1.82) is 0 Å². The zero-order chi connectivity index (χ0) is 6.85. The lowest BCUT2D eigenvalue weighted by molar-refractivity contribution is -0.180. The molecule has 0 aliphatic carbocycles. The molecule has 1 amide bonds. The minimum absolute atomic E-state index is 0.423. The highest BCUT2D eigenvalue weighted by Gasteiger charge is 2.15. The molecule has 3 N–H and O–H groups in total. The van der Waals surface area contributed by atoms with Crippen molar-refractivity contribution in [3.05, 3.63) is 12.3 Å². The van der Waals surface area contributed by atoms with Gasteiger partial charge in [0, 0.05) is 12.3 Å². The van der Waals surface area contributed by atoms with Gasteiger partial charge in [0.05, 0.1) is 0 Å². The predicted molar refractivity (Wildman–Crippen MR) is 26.9 cm³/mol. The number of hydrogen-bond donors (Lipinski definition) is 3. The molecule has 1 unspecified atom stereocenters. The molecule has 0 bridgehead atoms. The second-order valence-electron chi connectivity index (χ2n) is 1.58. The Labute approximate surface area is 51.2 Å². The van der Waals surface area contributed by atoms with Gasteiger partial charge in [0.1, 0.15) is 0 Å². The Kier molecular flexibility index (Phi) is 1.37. The maximum Gasteiger partial charge on any atom is 0.248 e. The Morgan fingerprint density at radius 1 is 1.78 bits per heavy atom. The number of hydroxylamine groups is 2. The zero-order valence-corrected chi connectivity index (χ0v) is 4.48. The largest absolute Gasteiger partial charge is 0.355 e. The fourth-order valence-corrected chi connectivity index (χ4v) is 0.467. The third-order valence-corrected chi connectivity index (χ3v) is 0.901. The van der Waals surface area contributed by atoms with Gasteiger partial charge in [-0.05, 0) is 0 Å². The van der Waals surface area contributed by atoms with E-state index in [1.54, 1.807) is 0 Å². The molecule has 0 spiro atoms. The molecule has 1 heterocycles. The van der Waals surface area contributed by atoms with E-state index >= 15 is 0 Å². The summed E-state index contributed by atoms with van der Waals surface area (Å²) in [6, 6.07) is 0. The van der Waals surface area contributed by atoms with Crippen LogP contribution in [0.4, 0.5) is 0 Å². The number of nitrogens with one attached hydrogen (secondary N) is 1. The van der Waals surface area contributed by atoms with Crippen LogP contribution in [0.5, 0.6) is 0 Å². The second kappa shape index (κ2) is 2.04. The van der Waals surface area contributed by atoms with Gasteiger partial charge >= 0.3 is 0 Å². The maximum atomic E-state index is 10.3. The number of aliphatic hydroxyl groups is 1. The molecule has 9 heavy (non-hydrogen) atoms. The first-order chi connectivity index (χ1) is 4.20. The number of hydrogen-bond acceptors (Lipinski definition) is 4. The summed E-state index contributed by atoms with van der Waals surface area (Å²) in [6.07, 6.45) is 0.860. The number of rotatable bonds is 0. The highest BCUT2D eigenvalue weighted by molar-refractivity contribution is 5.88. The predicted octanol–water partition coefficient (Wildman–Crippen LogP) is -1.40. The Bertz CT molecular complexity index is 156. The molecular weight excluding hydrogens is 124 g/mol. The van der Waals surface area contributed by atoms with Crippen LogP contribution in [0.2, 0.25) is 0 Å². The summed E-state index contributed by atoms with van der Waals surface area (Å²) in [5.74, 6) is -0.423. The molecule has 0 saturated heterocycles. The van der Waals surface area contributed by atoms with E-state index in [0.717, 1.165) is 12.3 Å². The maximum absolute atomic E-state index is 10.3. The average molecular weight is 130 g/mol. The Hall–Kier alpha value is -1.07. The number of carbonyl (C=O) groups is 1. The molecule has 5 heteroatoms. The molecule has 0 aromatic heterocycles. The van der Waals surface area contributed by atoms with Gasteiger partial charge in [-0.25, -0.2) is 5.06 Å². The topological polar surface area (TPSA) is 72.8 Å². The third-order valence-electron chi connectivity index (χ3n) is 0.901. The van der Waals surface area contributed by atoms with E-state index in [0.29, 0.717) is 5.06 Å². The van der Waals surface area contributed by atoms with Crippen molar-refractivity contribution >= 4 is 5.91 Å². The summed E-state index contributed by atoms with van der Waals surface area (Å²) in [5, 5.41) is 19.7. The van der Waals surface area contributed by atoms with Gasteiger partial charge in [0.25, 0.3) is 0 Å². The molecule has 0 aromatic rings. The van der Waals surface area contributed by atoms with E-state index in [4.69, 9.17) is 10.3 Å².